The van der Waals surface area contributed by atoms with Gasteiger partial charge < -0.3 is 14.6 Å². The van der Waals surface area contributed by atoms with Gasteiger partial charge >= 0.3 is 0 Å². The van der Waals surface area contributed by atoms with E-state index in [0.29, 0.717) is 19.7 Å². The number of nitrogens with zero attached hydrogens (tertiary/aromatic N) is 1. The van der Waals surface area contributed by atoms with Crippen molar-refractivity contribution < 1.29 is 9.53 Å². The zero-order valence-corrected chi connectivity index (χ0v) is 14.0. The minimum Gasteiger partial charge on any atom is -0.493 e. The van der Waals surface area contributed by atoms with Gasteiger partial charge in [0.2, 0.25) is 0 Å². The van der Waals surface area contributed by atoms with Crippen molar-refractivity contribution in [3.8, 4) is 5.75 Å². The molecule has 2 heterocycles. The standard InChI is InChI=1S/C19H22N2O3/c1-3-21-13(2)8-9-16(19(21)23)18(22)20-11-14-10-15-6-4-5-7-17(15)24-12-14/h4-9,14H,3,10-12H2,1-2H3,(H,20,22). The summed E-state index contributed by atoms with van der Waals surface area (Å²) >= 11 is 0. The van der Waals surface area contributed by atoms with E-state index in [1.807, 2.05) is 38.1 Å². The highest BCUT2D eigenvalue weighted by Crippen LogP contribution is 2.26. The molecule has 0 spiro atoms. The Morgan fingerprint density at radius 2 is 2.08 bits per heavy atom. The Kier molecular flexibility index (Phi) is 4.69. The molecule has 0 radical (unpaired) electrons. The number of carbonyl (C=O) groups excluding carboxylic acids is 1. The molecule has 1 aliphatic heterocycles. The third kappa shape index (κ3) is 3.20. The highest BCUT2D eigenvalue weighted by atomic mass is 16.5. The molecule has 0 saturated carbocycles. The number of rotatable bonds is 4. The molecule has 1 aromatic carbocycles. The van der Waals surface area contributed by atoms with Crippen LogP contribution in [-0.2, 0) is 13.0 Å². The maximum absolute atomic E-state index is 12.4. The summed E-state index contributed by atoms with van der Waals surface area (Å²) < 4.78 is 7.34. The van der Waals surface area contributed by atoms with E-state index in [4.69, 9.17) is 4.74 Å². The van der Waals surface area contributed by atoms with Crippen molar-refractivity contribution in [3.63, 3.8) is 0 Å². The molecule has 24 heavy (non-hydrogen) atoms. The Labute approximate surface area is 141 Å². The number of nitrogens with one attached hydrogen (secondary N) is 1. The van der Waals surface area contributed by atoms with E-state index in [1.165, 1.54) is 0 Å². The first-order valence-electron chi connectivity index (χ1n) is 8.29. The molecular weight excluding hydrogens is 304 g/mol. The lowest BCUT2D eigenvalue weighted by Gasteiger charge is -2.25. The average molecular weight is 326 g/mol. The van der Waals surface area contributed by atoms with Crippen LogP contribution in [0.25, 0.3) is 0 Å². The third-order valence-corrected chi connectivity index (χ3v) is 4.46. The quantitative estimate of drug-likeness (QED) is 0.936. The summed E-state index contributed by atoms with van der Waals surface area (Å²) in [6.07, 6.45) is 0.865. The number of pyridine rings is 1. The van der Waals surface area contributed by atoms with Crippen molar-refractivity contribution >= 4 is 5.91 Å². The zero-order valence-electron chi connectivity index (χ0n) is 14.0. The first-order chi connectivity index (χ1) is 11.6. The highest BCUT2D eigenvalue weighted by molar-refractivity contribution is 5.93. The molecule has 1 unspecified atom stereocenters. The number of fused-ring (bicyclic) bond motifs is 1. The van der Waals surface area contributed by atoms with Crippen LogP contribution in [0.3, 0.4) is 0 Å². The topological polar surface area (TPSA) is 60.3 Å². The van der Waals surface area contributed by atoms with E-state index in [0.717, 1.165) is 23.4 Å². The Hall–Kier alpha value is -2.56. The molecule has 0 bridgehead atoms. The normalized spacial score (nSPS) is 16.2. The SMILES string of the molecule is CCn1c(C)ccc(C(=O)NCC2COc3ccccc3C2)c1=O. The number of benzene rings is 1. The van der Waals surface area contributed by atoms with Gasteiger partial charge in [0.25, 0.3) is 11.5 Å². The largest absolute Gasteiger partial charge is 0.493 e. The van der Waals surface area contributed by atoms with Crippen LogP contribution in [0.4, 0.5) is 0 Å². The summed E-state index contributed by atoms with van der Waals surface area (Å²) in [5.41, 5.74) is 1.97. The third-order valence-electron chi connectivity index (χ3n) is 4.46. The van der Waals surface area contributed by atoms with Gasteiger partial charge in [-0.3, -0.25) is 9.59 Å². The summed E-state index contributed by atoms with van der Waals surface area (Å²) in [5.74, 6) is 0.813. The van der Waals surface area contributed by atoms with Crippen LogP contribution in [0, 0.1) is 12.8 Å². The lowest BCUT2D eigenvalue weighted by molar-refractivity contribution is 0.0937. The second kappa shape index (κ2) is 6.91. The van der Waals surface area contributed by atoms with Gasteiger partial charge in [0, 0.05) is 24.7 Å². The Morgan fingerprint density at radius 3 is 2.88 bits per heavy atom. The summed E-state index contributed by atoms with van der Waals surface area (Å²) in [7, 11) is 0. The van der Waals surface area contributed by atoms with Crippen LogP contribution in [0.5, 0.6) is 5.75 Å². The van der Waals surface area contributed by atoms with Crippen molar-refractivity contribution in [2.24, 2.45) is 5.92 Å². The number of carbonyl (C=O) groups is 1. The second-order valence-electron chi connectivity index (χ2n) is 6.14. The molecule has 3 rings (SSSR count). The van der Waals surface area contributed by atoms with E-state index in [2.05, 4.69) is 5.32 Å². The maximum Gasteiger partial charge on any atom is 0.263 e. The molecule has 0 saturated heterocycles. The van der Waals surface area contributed by atoms with Gasteiger partial charge in [0.15, 0.2) is 0 Å². The van der Waals surface area contributed by atoms with Crippen LogP contribution in [0.1, 0.15) is 28.5 Å². The smallest absolute Gasteiger partial charge is 0.263 e. The highest BCUT2D eigenvalue weighted by Gasteiger charge is 2.21. The van der Waals surface area contributed by atoms with Crippen molar-refractivity contribution in [1.29, 1.82) is 0 Å². The number of hydrogen-bond donors (Lipinski definition) is 1. The van der Waals surface area contributed by atoms with Gasteiger partial charge in [-0.15, -0.1) is 0 Å². The van der Waals surface area contributed by atoms with E-state index < -0.39 is 0 Å². The van der Waals surface area contributed by atoms with Gasteiger partial charge in [0.1, 0.15) is 11.3 Å². The number of aromatic nitrogens is 1. The molecular formula is C19H22N2O3. The lowest BCUT2D eigenvalue weighted by atomic mass is 9.96. The van der Waals surface area contributed by atoms with Crippen molar-refractivity contribution in [2.75, 3.05) is 13.2 Å². The summed E-state index contributed by atoms with van der Waals surface area (Å²) in [6, 6.07) is 11.4. The Morgan fingerprint density at radius 1 is 1.29 bits per heavy atom. The fourth-order valence-corrected chi connectivity index (χ4v) is 3.09. The number of amides is 1. The Bertz CT molecular complexity index is 810. The molecule has 0 fully saturated rings. The van der Waals surface area contributed by atoms with E-state index >= 15 is 0 Å². The van der Waals surface area contributed by atoms with Crippen LogP contribution in [0.2, 0.25) is 0 Å². The van der Waals surface area contributed by atoms with Gasteiger partial charge in [-0.1, -0.05) is 18.2 Å². The lowest BCUT2D eigenvalue weighted by Crippen LogP contribution is -2.38. The fraction of sp³-hybridized carbons (Fsp3) is 0.368. The molecule has 0 aliphatic carbocycles. The van der Waals surface area contributed by atoms with Crippen LogP contribution in [0.15, 0.2) is 41.2 Å². The predicted molar refractivity (Wildman–Crippen MR) is 92.6 cm³/mol. The van der Waals surface area contributed by atoms with Crippen molar-refractivity contribution in [3.05, 3.63) is 63.6 Å². The molecule has 1 aliphatic rings. The molecule has 5 nitrogen and oxygen atoms in total. The van der Waals surface area contributed by atoms with E-state index in [1.54, 1.807) is 16.7 Å². The predicted octanol–water partition coefficient (Wildman–Crippen LogP) is 2.16. The van der Waals surface area contributed by atoms with Gasteiger partial charge in [-0.2, -0.15) is 0 Å². The van der Waals surface area contributed by atoms with Gasteiger partial charge in [0.05, 0.1) is 6.61 Å². The van der Waals surface area contributed by atoms with Crippen molar-refractivity contribution in [1.82, 2.24) is 9.88 Å². The first kappa shape index (κ1) is 16.3. The fourth-order valence-electron chi connectivity index (χ4n) is 3.09. The zero-order chi connectivity index (χ0) is 17.1. The summed E-state index contributed by atoms with van der Waals surface area (Å²) in [4.78, 5) is 24.7. The average Bonchev–Trinajstić information content (AvgIpc) is 2.60. The number of ether oxygens (including phenoxy) is 1. The Balaban J connectivity index is 1.66. The number of aryl methyl sites for hydroxylation is 1. The molecule has 5 heteroatoms. The monoisotopic (exact) mass is 326 g/mol. The van der Waals surface area contributed by atoms with E-state index in [9.17, 15) is 9.59 Å². The molecule has 1 N–H and O–H groups in total. The van der Waals surface area contributed by atoms with Gasteiger partial charge in [-0.05, 0) is 44.0 Å². The minimum atomic E-state index is -0.318. The molecule has 126 valence electrons. The molecule has 1 atom stereocenters. The van der Waals surface area contributed by atoms with Crippen LogP contribution < -0.4 is 15.6 Å². The summed E-state index contributed by atoms with van der Waals surface area (Å²) in [6.45, 7) is 5.38. The van der Waals surface area contributed by atoms with Crippen LogP contribution >= 0.6 is 0 Å². The maximum atomic E-state index is 12.4. The minimum absolute atomic E-state index is 0.194. The summed E-state index contributed by atoms with van der Waals surface area (Å²) in [5, 5.41) is 2.88. The number of hydrogen-bond acceptors (Lipinski definition) is 3. The van der Waals surface area contributed by atoms with Crippen LogP contribution in [-0.4, -0.2) is 23.6 Å². The molecule has 1 amide bonds. The van der Waals surface area contributed by atoms with Crippen molar-refractivity contribution in [2.45, 2.75) is 26.8 Å². The molecule has 2 aromatic rings. The second-order valence-corrected chi connectivity index (χ2v) is 6.14. The van der Waals surface area contributed by atoms with Gasteiger partial charge in [-0.25, -0.2) is 0 Å². The number of para-hydroxylation sites is 1. The first-order valence-corrected chi connectivity index (χ1v) is 8.29. The van der Waals surface area contributed by atoms with E-state index in [-0.39, 0.29) is 22.9 Å². The molecule has 1 aromatic heterocycles.